The van der Waals surface area contributed by atoms with Crippen molar-refractivity contribution in [2.45, 2.75) is 6.54 Å². The summed E-state index contributed by atoms with van der Waals surface area (Å²) in [5, 5.41) is 9.52. The van der Waals surface area contributed by atoms with Crippen molar-refractivity contribution in [3.05, 3.63) is 87.4 Å². The van der Waals surface area contributed by atoms with E-state index in [1.165, 1.54) is 6.21 Å². The maximum absolute atomic E-state index is 12.2. The Labute approximate surface area is 220 Å². The number of nitrogens with one attached hydrogen (secondary N) is 3. The molecule has 3 aromatic carbocycles. The first kappa shape index (κ1) is 26.7. The molecule has 36 heavy (non-hydrogen) atoms. The van der Waals surface area contributed by atoms with Gasteiger partial charge in [0.2, 0.25) is 0 Å². The lowest BCUT2D eigenvalue weighted by atomic mass is 10.2. The van der Waals surface area contributed by atoms with E-state index >= 15 is 0 Å². The smallest absolute Gasteiger partial charge is 0.329 e. The number of hydrogen-bond acceptors (Lipinski definition) is 6. The predicted molar refractivity (Wildman–Crippen MR) is 140 cm³/mol. The number of benzene rings is 3. The van der Waals surface area contributed by atoms with Crippen molar-refractivity contribution in [1.82, 2.24) is 10.7 Å². The minimum Gasteiger partial charge on any atom is -0.497 e. The zero-order valence-electron chi connectivity index (χ0n) is 19.1. The molecular weight excluding hydrogens is 552 g/mol. The first-order valence-corrected chi connectivity index (χ1v) is 11.7. The molecule has 0 aromatic heterocycles. The highest BCUT2D eigenvalue weighted by molar-refractivity contribution is 9.10. The van der Waals surface area contributed by atoms with Gasteiger partial charge in [-0.1, -0.05) is 45.7 Å². The van der Waals surface area contributed by atoms with Crippen molar-refractivity contribution in [2.24, 2.45) is 5.10 Å². The van der Waals surface area contributed by atoms with Gasteiger partial charge < -0.3 is 20.1 Å². The highest BCUT2D eigenvalue weighted by Gasteiger charge is 2.13. The molecule has 3 amide bonds. The second-order valence-corrected chi connectivity index (χ2v) is 8.61. The number of anilines is 1. The zero-order valence-corrected chi connectivity index (χ0v) is 21.4. The van der Waals surface area contributed by atoms with Gasteiger partial charge in [-0.05, 0) is 54.1 Å². The highest BCUT2D eigenvalue weighted by atomic mass is 79.9. The SMILES string of the molecule is COc1ccc(CNC(=O)C(=O)N/N=C\c2cc(Br)ccc2OCC(=O)Nc2cccc(Cl)c2)cc1. The molecule has 0 aliphatic heterocycles. The molecule has 0 heterocycles. The van der Waals surface area contributed by atoms with Gasteiger partial charge in [-0.25, -0.2) is 5.43 Å². The molecule has 3 rings (SSSR count). The fraction of sp³-hybridized carbons (Fsp3) is 0.120. The molecule has 0 aliphatic carbocycles. The molecule has 0 unspecified atom stereocenters. The maximum Gasteiger partial charge on any atom is 0.329 e. The van der Waals surface area contributed by atoms with Crippen LogP contribution in [0.2, 0.25) is 5.02 Å². The van der Waals surface area contributed by atoms with Crippen LogP contribution in [0.1, 0.15) is 11.1 Å². The summed E-state index contributed by atoms with van der Waals surface area (Å²) in [6.07, 6.45) is 1.31. The minimum atomic E-state index is -0.932. The van der Waals surface area contributed by atoms with Gasteiger partial charge in [0.05, 0.1) is 13.3 Å². The topological polar surface area (TPSA) is 118 Å². The number of rotatable bonds is 9. The first-order valence-electron chi connectivity index (χ1n) is 10.6. The Morgan fingerprint density at radius 1 is 1.03 bits per heavy atom. The Morgan fingerprint density at radius 2 is 1.81 bits per heavy atom. The second-order valence-electron chi connectivity index (χ2n) is 7.26. The van der Waals surface area contributed by atoms with E-state index in [1.807, 2.05) is 0 Å². The van der Waals surface area contributed by atoms with Crippen molar-refractivity contribution in [1.29, 1.82) is 0 Å². The maximum atomic E-state index is 12.2. The van der Waals surface area contributed by atoms with Crippen molar-refractivity contribution >= 4 is 57.2 Å². The molecule has 0 saturated heterocycles. The van der Waals surface area contributed by atoms with Crippen molar-refractivity contribution in [2.75, 3.05) is 19.0 Å². The summed E-state index contributed by atoms with van der Waals surface area (Å²) in [5.41, 5.74) is 3.99. The molecule has 3 N–H and O–H groups in total. The molecule has 11 heteroatoms. The number of nitrogens with zero attached hydrogens (tertiary/aromatic N) is 1. The number of hydrazone groups is 1. The predicted octanol–water partition coefficient (Wildman–Crippen LogP) is 3.90. The minimum absolute atomic E-state index is 0.167. The summed E-state index contributed by atoms with van der Waals surface area (Å²) in [6, 6.07) is 18.9. The van der Waals surface area contributed by atoms with Gasteiger partial charge in [0.25, 0.3) is 5.91 Å². The number of amides is 3. The van der Waals surface area contributed by atoms with Crippen LogP contribution in [0.5, 0.6) is 11.5 Å². The van der Waals surface area contributed by atoms with Crippen molar-refractivity contribution in [3.8, 4) is 11.5 Å². The summed E-state index contributed by atoms with van der Waals surface area (Å²) in [7, 11) is 1.56. The highest BCUT2D eigenvalue weighted by Crippen LogP contribution is 2.22. The monoisotopic (exact) mass is 572 g/mol. The third-order valence-corrected chi connectivity index (χ3v) is 5.36. The Hall–Kier alpha value is -3.89. The van der Waals surface area contributed by atoms with E-state index in [1.54, 1.807) is 73.8 Å². The summed E-state index contributed by atoms with van der Waals surface area (Å²) >= 11 is 9.28. The van der Waals surface area contributed by atoms with Crippen LogP contribution >= 0.6 is 27.5 Å². The standard InChI is InChI=1S/C25H22BrClN4O5/c1-35-21-8-5-16(6-9-21)13-28-24(33)25(34)31-29-14-17-11-18(26)7-10-22(17)36-15-23(32)30-20-4-2-3-19(27)12-20/h2-12,14H,13,15H2,1H3,(H,28,33)(H,30,32)(H,31,34)/b29-14-. The molecule has 0 aliphatic rings. The molecule has 0 spiro atoms. The number of methoxy groups -OCH3 is 1. The largest absolute Gasteiger partial charge is 0.497 e. The molecule has 0 atom stereocenters. The lowest BCUT2D eigenvalue weighted by Gasteiger charge is -2.10. The van der Waals surface area contributed by atoms with E-state index in [0.717, 1.165) is 10.0 Å². The van der Waals surface area contributed by atoms with E-state index in [-0.39, 0.29) is 19.1 Å². The van der Waals surface area contributed by atoms with Gasteiger partial charge in [-0.2, -0.15) is 5.10 Å². The van der Waals surface area contributed by atoms with E-state index in [4.69, 9.17) is 21.1 Å². The Bertz CT molecular complexity index is 1270. The average Bonchev–Trinajstić information content (AvgIpc) is 2.87. The van der Waals surface area contributed by atoms with E-state index in [0.29, 0.717) is 27.8 Å². The van der Waals surface area contributed by atoms with Crippen LogP contribution in [-0.2, 0) is 20.9 Å². The van der Waals surface area contributed by atoms with Gasteiger partial charge in [-0.15, -0.1) is 0 Å². The summed E-state index contributed by atoms with van der Waals surface area (Å²) in [4.78, 5) is 36.3. The van der Waals surface area contributed by atoms with Gasteiger partial charge in [0.1, 0.15) is 11.5 Å². The molecule has 0 fully saturated rings. The van der Waals surface area contributed by atoms with Crippen molar-refractivity contribution < 1.29 is 23.9 Å². The molecular formula is C25H22BrClN4O5. The Morgan fingerprint density at radius 3 is 2.53 bits per heavy atom. The van der Waals surface area contributed by atoms with Crippen LogP contribution in [0.15, 0.2) is 76.3 Å². The Balaban J connectivity index is 1.52. The van der Waals surface area contributed by atoms with Gasteiger partial charge in [-0.3, -0.25) is 14.4 Å². The van der Waals surface area contributed by atoms with E-state index in [2.05, 4.69) is 37.1 Å². The normalized spacial score (nSPS) is 10.5. The lowest BCUT2D eigenvalue weighted by molar-refractivity contribution is -0.139. The fourth-order valence-corrected chi connectivity index (χ4v) is 3.44. The number of carbonyl (C=O) groups is 3. The quantitative estimate of drug-likeness (QED) is 0.204. The molecule has 0 bridgehead atoms. The average molecular weight is 574 g/mol. The number of ether oxygens (including phenoxy) is 2. The molecule has 0 saturated carbocycles. The molecule has 0 radical (unpaired) electrons. The zero-order chi connectivity index (χ0) is 25.9. The molecule has 3 aromatic rings. The van der Waals surface area contributed by atoms with E-state index in [9.17, 15) is 14.4 Å². The lowest BCUT2D eigenvalue weighted by Crippen LogP contribution is -2.37. The van der Waals surface area contributed by atoms with Gasteiger partial charge in [0.15, 0.2) is 6.61 Å². The van der Waals surface area contributed by atoms with Crippen LogP contribution < -0.4 is 25.5 Å². The molecule has 9 nitrogen and oxygen atoms in total. The number of carbonyl (C=O) groups excluding carboxylic acids is 3. The second kappa shape index (κ2) is 13.3. The van der Waals surface area contributed by atoms with Gasteiger partial charge in [0, 0.05) is 27.3 Å². The van der Waals surface area contributed by atoms with Crippen LogP contribution in [0.3, 0.4) is 0 Å². The summed E-state index contributed by atoms with van der Waals surface area (Å²) in [6.45, 7) is -0.101. The van der Waals surface area contributed by atoms with Crippen molar-refractivity contribution in [3.63, 3.8) is 0 Å². The van der Waals surface area contributed by atoms with Crippen LogP contribution in [0.4, 0.5) is 5.69 Å². The fourth-order valence-electron chi connectivity index (χ4n) is 2.88. The van der Waals surface area contributed by atoms with E-state index < -0.39 is 11.8 Å². The number of halogens is 2. The summed E-state index contributed by atoms with van der Waals surface area (Å²) < 4.78 is 11.4. The summed E-state index contributed by atoms with van der Waals surface area (Å²) in [5.74, 6) is -1.12. The number of hydrogen-bond donors (Lipinski definition) is 3. The van der Waals surface area contributed by atoms with Crippen LogP contribution in [0, 0.1) is 0 Å². The van der Waals surface area contributed by atoms with Gasteiger partial charge >= 0.3 is 11.8 Å². The van der Waals surface area contributed by atoms with Crippen LogP contribution in [-0.4, -0.2) is 37.7 Å². The third-order valence-electron chi connectivity index (χ3n) is 4.63. The third kappa shape index (κ3) is 8.40. The molecule has 186 valence electrons. The first-order chi connectivity index (χ1) is 17.3. The van der Waals surface area contributed by atoms with Crippen LogP contribution in [0.25, 0.3) is 0 Å². The Kier molecular flexibility index (Phi) is 9.84.